The minimum absolute atomic E-state index is 0.0458. The minimum Gasteiger partial charge on any atom is -0.438 e. The lowest BCUT2D eigenvalue weighted by Gasteiger charge is -2.23. The molecule has 37 heavy (non-hydrogen) atoms. The van der Waals surface area contributed by atoms with Crippen LogP contribution in [0.5, 0.6) is 11.6 Å². The second-order valence-corrected chi connectivity index (χ2v) is 11.8. The molecule has 1 aliphatic rings. The van der Waals surface area contributed by atoms with Crippen LogP contribution >= 0.6 is 0 Å². The Morgan fingerprint density at radius 2 is 2.08 bits per heavy atom. The van der Waals surface area contributed by atoms with Crippen LogP contribution in [0.25, 0.3) is 0 Å². The summed E-state index contributed by atoms with van der Waals surface area (Å²) in [4.78, 5) is 23.3. The highest BCUT2D eigenvalue weighted by Gasteiger charge is 2.31. The molecule has 1 amide bonds. The molecule has 2 atom stereocenters. The van der Waals surface area contributed by atoms with Gasteiger partial charge in [0, 0.05) is 36.9 Å². The van der Waals surface area contributed by atoms with Gasteiger partial charge in [0.25, 0.3) is 11.6 Å². The maximum atomic E-state index is 13.2. The summed E-state index contributed by atoms with van der Waals surface area (Å²) in [6.07, 6.45) is 2.29. The third-order valence-electron chi connectivity index (χ3n) is 6.04. The van der Waals surface area contributed by atoms with E-state index in [1.54, 1.807) is 13.8 Å². The zero-order chi connectivity index (χ0) is 27.5. The number of carbonyl (C=O) groups excluding carboxylic acids is 1. The number of carbonyl (C=O) groups is 1. The van der Waals surface area contributed by atoms with E-state index in [9.17, 15) is 23.3 Å². The molecule has 0 unspecified atom stereocenters. The molecule has 1 aromatic carbocycles. The van der Waals surface area contributed by atoms with E-state index < -0.39 is 38.1 Å². The lowest BCUT2D eigenvalue weighted by Crippen LogP contribution is -2.32. The molecule has 204 valence electrons. The normalized spacial score (nSPS) is 17.0. The van der Waals surface area contributed by atoms with Gasteiger partial charge < -0.3 is 14.8 Å². The number of hydrogen-bond donors (Lipinski definition) is 2. The van der Waals surface area contributed by atoms with Crippen LogP contribution in [-0.2, 0) is 20.3 Å². The Bertz CT molecular complexity index is 1260. The molecule has 1 aliphatic heterocycles. The number of nitro groups is 1. The average Bonchev–Trinajstić information content (AvgIpc) is 3.45. The second-order valence-electron chi connectivity index (χ2n) is 10.1. The van der Waals surface area contributed by atoms with Crippen molar-refractivity contribution in [1.29, 1.82) is 0 Å². The molecule has 2 aromatic rings. The van der Waals surface area contributed by atoms with Crippen LogP contribution in [0.1, 0.15) is 69.9 Å². The first-order chi connectivity index (χ1) is 17.2. The predicted octanol–water partition coefficient (Wildman–Crippen LogP) is 3.63. The van der Waals surface area contributed by atoms with Gasteiger partial charge in [-0.05, 0) is 59.9 Å². The Morgan fingerprint density at radius 1 is 1.38 bits per heavy atom. The van der Waals surface area contributed by atoms with Gasteiger partial charge in [-0.15, -0.1) is 0 Å². The van der Waals surface area contributed by atoms with Crippen LogP contribution in [0.15, 0.2) is 23.1 Å². The average molecular weight is 538 g/mol. The number of nitro benzene ring substituents is 1. The Hall–Kier alpha value is -3.03. The summed E-state index contributed by atoms with van der Waals surface area (Å²) in [5.41, 5.74) is -0.502. The van der Waals surface area contributed by atoms with Crippen molar-refractivity contribution >= 4 is 21.6 Å². The molecule has 2 N–H and O–H groups in total. The van der Waals surface area contributed by atoms with Gasteiger partial charge in [0.1, 0.15) is 10.6 Å². The first-order valence-electron chi connectivity index (χ1n) is 12.2. The molecule has 0 saturated carbocycles. The first kappa shape index (κ1) is 28.5. The fourth-order valence-electron chi connectivity index (χ4n) is 3.79. The maximum absolute atomic E-state index is 13.2. The highest BCUT2D eigenvalue weighted by molar-refractivity contribution is 7.89. The van der Waals surface area contributed by atoms with Crippen LogP contribution < -0.4 is 14.8 Å². The van der Waals surface area contributed by atoms with E-state index in [1.807, 2.05) is 27.7 Å². The molecule has 12 nitrogen and oxygen atoms in total. The lowest BCUT2D eigenvalue weighted by atomic mass is 10.1. The number of aromatic nitrogens is 2. The summed E-state index contributed by atoms with van der Waals surface area (Å²) < 4.78 is 42.0. The van der Waals surface area contributed by atoms with E-state index in [2.05, 4.69) is 15.1 Å². The maximum Gasteiger partial charge on any atom is 0.272 e. The van der Waals surface area contributed by atoms with Gasteiger partial charge in [0.15, 0.2) is 5.69 Å². The lowest BCUT2D eigenvalue weighted by molar-refractivity contribution is -0.385. The van der Waals surface area contributed by atoms with Crippen LogP contribution in [0, 0.1) is 17.0 Å². The van der Waals surface area contributed by atoms with E-state index >= 15 is 0 Å². The van der Waals surface area contributed by atoms with Crippen molar-refractivity contribution in [1.82, 2.24) is 19.8 Å². The van der Waals surface area contributed by atoms with Crippen molar-refractivity contribution in [2.24, 2.45) is 0 Å². The van der Waals surface area contributed by atoms with E-state index in [0.29, 0.717) is 25.1 Å². The molecule has 2 heterocycles. The predicted molar refractivity (Wildman–Crippen MR) is 137 cm³/mol. The summed E-state index contributed by atoms with van der Waals surface area (Å²) in [6.45, 7) is 11.8. The van der Waals surface area contributed by atoms with Crippen LogP contribution in [0.2, 0.25) is 0 Å². The molecule has 1 aromatic heterocycles. The van der Waals surface area contributed by atoms with Gasteiger partial charge in [-0.3, -0.25) is 14.9 Å². The van der Waals surface area contributed by atoms with E-state index in [-0.39, 0.29) is 28.3 Å². The number of rotatable bonds is 10. The fraction of sp³-hybridized carbons (Fsp3) is 0.583. The van der Waals surface area contributed by atoms with Gasteiger partial charge in [-0.25, -0.2) is 17.8 Å². The number of nitrogens with one attached hydrogen (secondary N) is 2. The molecular formula is C24H35N5O7S. The minimum atomic E-state index is -4.17. The summed E-state index contributed by atoms with van der Waals surface area (Å²) in [6, 6.07) is 2.96. The molecular weight excluding hydrogens is 502 g/mol. The zero-order valence-corrected chi connectivity index (χ0v) is 22.8. The molecule has 3 rings (SSSR count). The third-order valence-corrected chi connectivity index (χ3v) is 7.65. The number of sulfonamides is 1. The van der Waals surface area contributed by atoms with Gasteiger partial charge in [0.05, 0.1) is 16.6 Å². The summed E-state index contributed by atoms with van der Waals surface area (Å²) in [5, 5.41) is 18.7. The zero-order valence-electron chi connectivity index (χ0n) is 22.0. The molecule has 0 radical (unpaired) electrons. The fourth-order valence-corrected chi connectivity index (χ4v) is 5.26. The molecule has 13 heteroatoms. The van der Waals surface area contributed by atoms with Gasteiger partial charge in [-0.1, -0.05) is 6.92 Å². The monoisotopic (exact) mass is 537 g/mol. The van der Waals surface area contributed by atoms with Gasteiger partial charge in [0.2, 0.25) is 15.9 Å². The Kier molecular flexibility index (Phi) is 8.60. The standard InChI is InChI=1S/C24H35N5O7S/c1-7-15(2)27-37(33,34)20-13-17(29(31)32)10-11-19(20)36-23-16(3)21(26-28(23)24(4,5)6)22(30)25-14-18-9-8-12-35-18/h10-11,13,15,18,27H,7-9,12,14H2,1-6H3,(H,25,30)/t15-,18+/m1/s1. The summed E-state index contributed by atoms with van der Waals surface area (Å²) in [5.74, 6) is -0.374. The van der Waals surface area contributed by atoms with Crippen LogP contribution in [-0.4, -0.2) is 54.3 Å². The number of ether oxygens (including phenoxy) is 2. The number of benzene rings is 1. The number of hydrogen-bond acceptors (Lipinski definition) is 8. The van der Waals surface area contributed by atoms with E-state index in [1.165, 1.54) is 16.8 Å². The summed E-state index contributed by atoms with van der Waals surface area (Å²) in [7, 11) is -4.17. The first-order valence-corrected chi connectivity index (χ1v) is 13.7. The Labute approximate surface area is 216 Å². The van der Waals surface area contributed by atoms with Crippen LogP contribution in [0.4, 0.5) is 5.69 Å². The second kappa shape index (κ2) is 11.2. The Morgan fingerprint density at radius 3 is 2.65 bits per heavy atom. The molecule has 1 fully saturated rings. The van der Waals surface area contributed by atoms with Crippen molar-refractivity contribution in [2.75, 3.05) is 13.2 Å². The van der Waals surface area contributed by atoms with E-state index in [4.69, 9.17) is 9.47 Å². The summed E-state index contributed by atoms with van der Waals surface area (Å²) >= 11 is 0. The smallest absolute Gasteiger partial charge is 0.272 e. The highest BCUT2D eigenvalue weighted by atomic mass is 32.2. The van der Waals surface area contributed by atoms with Crippen molar-refractivity contribution in [3.8, 4) is 11.6 Å². The van der Waals surface area contributed by atoms with Crippen LogP contribution in [0.3, 0.4) is 0 Å². The van der Waals surface area contributed by atoms with Crippen molar-refractivity contribution in [3.05, 3.63) is 39.6 Å². The molecule has 1 saturated heterocycles. The highest BCUT2D eigenvalue weighted by Crippen LogP contribution is 2.36. The van der Waals surface area contributed by atoms with E-state index in [0.717, 1.165) is 18.9 Å². The SMILES string of the molecule is CC[C@@H](C)NS(=O)(=O)c1cc([N+](=O)[O-])ccc1Oc1c(C)c(C(=O)NC[C@@H]2CCCO2)nn1C(C)(C)C. The third kappa shape index (κ3) is 6.65. The topological polar surface area (TPSA) is 155 Å². The number of non-ortho nitro benzene ring substituents is 1. The molecule has 0 spiro atoms. The van der Waals surface area contributed by atoms with Crippen molar-refractivity contribution < 1.29 is 27.6 Å². The largest absolute Gasteiger partial charge is 0.438 e. The van der Waals surface area contributed by atoms with Gasteiger partial charge >= 0.3 is 0 Å². The molecule has 0 aliphatic carbocycles. The molecule has 0 bridgehead atoms. The van der Waals surface area contributed by atoms with Gasteiger partial charge in [-0.2, -0.15) is 5.10 Å². The van der Waals surface area contributed by atoms with Crippen molar-refractivity contribution in [2.45, 2.75) is 83.4 Å². The number of amides is 1. The quantitative estimate of drug-likeness (QED) is 0.344. The Balaban J connectivity index is 2.04. The van der Waals surface area contributed by atoms with Crippen molar-refractivity contribution in [3.63, 3.8) is 0 Å². The number of nitrogens with zero attached hydrogens (tertiary/aromatic N) is 3.